The van der Waals surface area contributed by atoms with Crippen molar-refractivity contribution in [2.45, 2.75) is 16.5 Å². The maximum absolute atomic E-state index is 13.3. The topological polar surface area (TPSA) is 90.0 Å². The van der Waals surface area contributed by atoms with E-state index in [0.717, 1.165) is 0 Å². The average molecular weight is 437 g/mol. The Kier molecular flexibility index (Phi) is 5.64. The molecule has 0 unspecified atom stereocenters. The van der Waals surface area contributed by atoms with Crippen molar-refractivity contribution in [1.29, 1.82) is 0 Å². The minimum absolute atomic E-state index is 0.0888. The number of hydrogen-bond acceptors (Lipinski definition) is 6. The molecule has 0 atom stereocenters. The second-order valence-electron chi connectivity index (χ2n) is 6.60. The van der Waals surface area contributed by atoms with Gasteiger partial charge >= 0.3 is 0 Å². The lowest BCUT2D eigenvalue weighted by molar-refractivity contribution is 0.0951. The fourth-order valence-corrected chi connectivity index (χ4v) is 4.22. The molecule has 0 N–H and O–H groups in total. The smallest absolute Gasteiger partial charge is 0.294 e. The summed E-state index contributed by atoms with van der Waals surface area (Å²) in [5.74, 6) is 0.601. The summed E-state index contributed by atoms with van der Waals surface area (Å²) in [6.45, 7) is 0.139. The number of benzene rings is 2. The summed E-state index contributed by atoms with van der Waals surface area (Å²) >= 11 is 0. The number of methoxy groups -OCH3 is 1. The number of nitrogens with zero attached hydrogens (tertiary/aromatic N) is 1. The molecule has 0 saturated heterocycles. The van der Waals surface area contributed by atoms with Crippen molar-refractivity contribution in [3.8, 4) is 5.75 Å². The molecule has 0 saturated carbocycles. The number of furan rings is 2. The van der Waals surface area contributed by atoms with Gasteiger partial charge in [-0.15, -0.1) is 0 Å². The van der Waals surface area contributed by atoms with Crippen LogP contribution in [0.25, 0.3) is 0 Å². The zero-order chi connectivity index (χ0) is 21.8. The molecule has 2 aromatic heterocycles. The number of sulfone groups is 1. The maximum atomic E-state index is 13.3. The van der Waals surface area contributed by atoms with Gasteiger partial charge < -0.3 is 13.6 Å². The highest BCUT2D eigenvalue weighted by Crippen LogP contribution is 2.27. The third-order valence-electron chi connectivity index (χ3n) is 4.63. The van der Waals surface area contributed by atoms with E-state index in [-0.39, 0.29) is 22.3 Å². The lowest BCUT2D eigenvalue weighted by Gasteiger charge is -2.21. The molecular formula is C23H19NO6S. The van der Waals surface area contributed by atoms with Crippen molar-refractivity contribution in [3.63, 3.8) is 0 Å². The van der Waals surface area contributed by atoms with Crippen LogP contribution in [-0.4, -0.2) is 21.4 Å². The van der Waals surface area contributed by atoms with E-state index in [1.807, 2.05) is 0 Å². The summed E-state index contributed by atoms with van der Waals surface area (Å²) in [6, 6.07) is 20.9. The van der Waals surface area contributed by atoms with Crippen LogP contribution in [0.15, 0.2) is 104 Å². The lowest BCUT2D eigenvalue weighted by Crippen LogP contribution is -2.30. The molecule has 8 heteroatoms. The van der Waals surface area contributed by atoms with E-state index < -0.39 is 15.7 Å². The van der Waals surface area contributed by atoms with Crippen LogP contribution in [0.4, 0.5) is 5.69 Å². The SMILES string of the molecule is COc1ccc(N(Cc2ccco2)C(=O)c2ccc(S(=O)(=O)c3ccccc3)o2)cc1. The van der Waals surface area contributed by atoms with Gasteiger partial charge in [-0.1, -0.05) is 18.2 Å². The fraction of sp³-hybridized carbons (Fsp3) is 0.0870. The quantitative estimate of drug-likeness (QED) is 0.421. The zero-order valence-corrected chi connectivity index (χ0v) is 17.4. The largest absolute Gasteiger partial charge is 0.497 e. The Balaban J connectivity index is 1.67. The van der Waals surface area contributed by atoms with E-state index in [9.17, 15) is 13.2 Å². The van der Waals surface area contributed by atoms with Gasteiger partial charge in [-0.2, -0.15) is 0 Å². The van der Waals surface area contributed by atoms with Crippen molar-refractivity contribution in [2.75, 3.05) is 12.0 Å². The molecule has 4 rings (SSSR count). The monoisotopic (exact) mass is 437 g/mol. The predicted octanol–water partition coefficient (Wildman–Crippen LogP) is 4.56. The first kappa shape index (κ1) is 20.5. The van der Waals surface area contributed by atoms with E-state index in [1.165, 1.54) is 35.4 Å². The molecule has 1 amide bonds. The van der Waals surface area contributed by atoms with Crippen molar-refractivity contribution >= 4 is 21.4 Å². The first-order valence-electron chi connectivity index (χ1n) is 9.37. The summed E-state index contributed by atoms with van der Waals surface area (Å²) < 4.78 is 41.6. The number of amides is 1. The van der Waals surface area contributed by atoms with Gasteiger partial charge in [0.2, 0.25) is 14.9 Å². The lowest BCUT2D eigenvalue weighted by atomic mass is 10.2. The molecule has 0 aliphatic heterocycles. The number of rotatable bonds is 7. The second-order valence-corrected chi connectivity index (χ2v) is 8.48. The summed E-state index contributed by atoms with van der Waals surface area (Å²) in [5, 5.41) is -0.297. The van der Waals surface area contributed by atoms with Gasteiger partial charge in [-0.25, -0.2) is 8.42 Å². The maximum Gasteiger partial charge on any atom is 0.294 e. The third-order valence-corrected chi connectivity index (χ3v) is 6.28. The Morgan fingerprint density at radius 3 is 2.32 bits per heavy atom. The molecule has 0 fully saturated rings. The third kappa shape index (κ3) is 4.24. The van der Waals surface area contributed by atoms with Crippen molar-refractivity contribution in [2.24, 2.45) is 0 Å². The molecule has 0 aliphatic rings. The Hall–Kier alpha value is -3.78. The van der Waals surface area contributed by atoms with Gasteiger partial charge in [-0.05, 0) is 60.7 Å². The van der Waals surface area contributed by atoms with Gasteiger partial charge in [0.05, 0.1) is 24.8 Å². The molecule has 0 spiro atoms. The summed E-state index contributed by atoms with van der Waals surface area (Å²) in [6.07, 6.45) is 1.52. The normalized spacial score (nSPS) is 11.3. The van der Waals surface area contributed by atoms with Gasteiger partial charge in [0, 0.05) is 5.69 Å². The van der Waals surface area contributed by atoms with E-state index in [1.54, 1.807) is 61.7 Å². The number of carbonyl (C=O) groups excluding carboxylic acids is 1. The first-order chi connectivity index (χ1) is 15.0. The van der Waals surface area contributed by atoms with Crippen LogP contribution in [0.5, 0.6) is 5.75 Å². The summed E-state index contributed by atoms with van der Waals surface area (Å²) in [7, 11) is -2.32. The molecule has 158 valence electrons. The van der Waals surface area contributed by atoms with E-state index in [0.29, 0.717) is 17.2 Å². The van der Waals surface area contributed by atoms with Crippen LogP contribution in [0.3, 0.4) is 0 Å². The van der Waals surface area contributed by atoms with Crippen molar-refractivity contribution < 1.29 is 26.8 Å². The van der Waals surface area contributed by atoms with E-state index in [4.69, 9.17) is 13.6 Å². The Morgan fingerprint density at radius 1 is 0.935 bits per heavy atom. The molecular weight excluding hydrogens is 418 g/mol. The van der Waals surface area contributed by atoms with E-state index >= 15 is 0 Å². The predicted molar refractivity (Wildman–Crippen MR) is 113 cm³/mol. The van der Waals surface area contributed by atoms with E-state index in [2.05, 4.69) is 0 Å². The number of hydrogen-bond donors (Lipinski definition) is 0. The van der Waals surface area contributed by atoms with Crippen molar-refractivity contribution in [3.05, 3.63) is 96.6 Å². The molecule has 0 aliphatic carbocycles. The molecule has 0 radical (unpaired) electrons. The van der Waals surface area contributed by atoms with Gasteiger partial charge in [0.25, 0.3) is 5.91 Å². The Morgan fingerprint density at radius 2 is 1.68 bits per heavy atom. The highest BCUT2D eigenvalue weighted by molar-refractivity contribution is 7.91. The fourth-order valence-electron chi connectivity index (χ4n) is 3.03. The highest BCUT2D eigenvalue weighted by atomic mass is 32.2. The van der Waals surface area contributed by atoms with Crippen LogP contribution in [0.1, 0.15) is 16.3 Å². The van der Waals surface area contributed by atoms with Crippen LogP contribution in [0.2, 0.25) is 0 Å². The molecule has 0 bridgehead atoms. The summed E-state index contributed by atoms with van der Waals surface area (Å²) in [4.78, 5) is 14.8. The minimum Gasteiger partial charge on any atom is -0.497 e. The van der Waals surface area contributed by atoms with Gasteiger partial charge in [-0.3, -0.25) is 9.69 Å². The van der Waals surface area contributed by atoms with Gasteiger partial charge in [0.1, 0.15) is 11.5 Å². The number of ether oxygens (including phenoxy) is 1. The van der Waals surface area contributed by atoms with Crippen LogP contribution < -0.4 is 9.64 Å². The first-order valence-corrected chi connectivity index (χ1v) is 10.9. The number of anilines is 1. The summed E-state index contributed by atoms with van der Waals surface area (Å²) in [5.41, 5.74) is 0.575. The van der Waals surface area contributed by atoms with Gasteiger partial charge in [0.15, 0.2) is 5.76 Å². The second kappa shape index (κ2) is 8.53. The zero-order valence-electron chi connectivity index (χ0n) is 16.6. The van der Waals surface area contributed by atoms with Crippen LogP contribution >= 0.6 is 0 Å². The molecule has 31 heavy (non-hydrogen) atoms. The van der Waals surface area contributed by atoms with Crippen LogP contribution in [-0.2, 0) is 16.4 Å². The molecule has 2 aromatic carbocycles. The molecule has 7 nitrogen and oxygen atoms in total. The minimum atomic E-state index is -3.87. The highest BCUT2D eigenvalue weighted by Gasteiger charge is 2.27. The molecule has 2 heterocycles. The molecule has 4 aromatic rings. The van der Waals surface area contributed by atoms with Crippen LogP contribution in [0, 0.1) is 0 Å². The Bertz CT molecular complexity index is 1260. The number of carbonyl (C=O) groups is 1. The standard InChI is InChI=1S/C23H19NO6S/c1-28-18-11-9-17(10-12-18)24(16-19-6-5-15-29-19)23(25)21-13-14-22(30-21)31(26,27)20-7-3-2-4-8-20/h2-15H,16H2,1H3. The Labute approximate surface area is 179 Å². The van der Waals surface area contributed by atoms with Crippen molar-refractivity contribution in [1.82, 2.24) is 0 Å². The average Bonchev–Trinajstić information content (AvgIpc) is 3.50.